The molecule has 0 saturated heterocycles. The lowest BCUT2D eigenvalue weighted by Crippen LogP contribution is -2.46. The SMILES string of the molecule is CNCCN(C)C(=O)CCN1C(=O)C(C)Oc2ccccc21. The second-order valence-corrected chi connectivity index (χ2v) is 5.39. The smallest absolute Gasteiger partial charge is 0.267 e. The molecule has 0 saturated carbocycles. The Morgan fingerprint density at radius 2 is 2.14 bits per heavy atom. The predicted molar refractivity (Wildman–Crippen MR) is 85.1 cm³/mol. The van der Waals surface area contributed by atoms with Gasteiger partial charge in [-0.25, -0.2) is 0 Å². The lowest BCUT2D eigenvalue weighted by molar-refractivity contribution is -0.130. The molecular formula is C16H23N3O3. The molecule has 1 aliphatic rings. The molecule has 0 bridgehead atoms. The van der Waals surface area contributed by atoms with E-state index in [1.807, 2.05) is 31.3 Å². The van der Waals surface area contributed by atoms with E-state index >= 15 is 0 Å². The molecule has 120 valence electrons. The lowest BCUT2D eigenvalue weighted by atomic mass is 10.1. The van der Waals surface area contributed by atoms with Crippen molar-refractivity contribution in [3.8, 4) is 5.75 Å². The van der Waals surface area contributed by atoms with Crippen molar-refractivity contribution in [3.63, 3.8) is 0 Å². The maximum absolute atomic E-state index is 12.3. The third-order valence-corrected chi connectivity index (χ3v) is 3.75. The molecular weight excluding hydrogens is 282 g/mol. The van der Waals surface area contributed by atoms with Gasteiger partial charge in [0, 0.05) is 33.1 Å². The minimum absolute atomic E-state index is 0.0275. The van der Waals surface area contributed by atoms with Crippen molar-refractivity contribution >= 4 is 17.5 Å². The summed E-state index contributed by atoms with van der Waals surface area (Å²) in [5, 5.41) is 3.01. The summed E-state index contributed by atoms with van der Waals surface area (Å²) in [7, 11) is 3.63. The minimum atomic E-state index is -0.521. The maximum Gasteiger partial charge on any atom is 0.267 e. The number of hydrogen-bond donors (Lipinski definition) is 1. The fraction of sp³-hybridized carbons (Fsp3) is 0.500. The van der Waals surface area contributed by atoms with Gasteiger partial charge in [-0.2, -0.15) is 0 Å². The summed E-state index contributed by atoms with van der Waals surface area (Å²) in [4.78, 5) is 27.8. The second-order valence-electron chi connectivity index (χ2n) is 5.39. The fourth-order valence-corrected chi connectivity index (χ4v) is 2.39. The average molecular weight is 305 g/mol. The number of ether oxygens (including phenoxy) is 1. The highest BCUT2D eigenvalue weighted by Crippen LogP contribution is 2.33. The fourth-order valence-electron chi connectivity index (χ4n) is 2.39. The first-order valence-electron chi connectivity index (χ1n) is 7.50. The van der Waals surface area contributed by atoms with E-state index in [-0.39, 0.29) is 11.8 Å². The van der Waals surface area contributed by atoms with Crippen LogP contribution in [0.2, 0.25) is 0 Å². The van der Waals surface area contributed by atoms with Crippen LogP contribution in [0, 0.1) is 0 Å². The third-order valence-electron chi connectivity index (χ3n) is 3.75. The van der Waals surface area contributed by atoms with E-state index in [9.17, 15) is 9.59 Å². The number of para-hydroxylation sites is 2. The first kappa shape index (κ1) is 16.3. The van der Waals surface area contributed by atoms with Gasteiger partial charge in [-0.1, -0.05) is 12.1 Å². The number of carbonyl (C=O) groups excluding carboxylic acids is 2. The van der Waals surface area contributed by atoms with Gasteiger partial charge in [0.05, 0.1) is 5.69 Å². The van der Waals surface area contributed by atoms with Gasteiger partial charge in [-0.15, -0.1) is 0 Å². The number of nitrogens with zero attached hydrogens (tertiary/aromatic N) is 2. The van der Waals surface area contributed by atoms with Gasteiger partial charge >= 0.3 is 0 Å². The van der Waals surface area contributed by atoms with Crippen molar-refractivity contribution in [2.75, 3.05) is 38.6 Å². The van der Waals surface area contributed by atoms with E-state index in [4.69, 9.17) is 4.74 Å². The highest BCUT2D eigenvalue weighted by molar-refractivity contribution is 6.00. The number of rotatable bonds is 6. The molecule has 1 atom stereocenters. The number of fused-ring (bicyclic) bond motifs is 1. The quantitative estimate of drug-likeness (QED) is 0.847. The molecule has 1 heterocycles. The molecule has 0 aromatic heterocycles. The first-order valence-corrected chi connectivity index (χ1v) is 7.50. The normalized spacial score (nSPS) is 17.0. The molecule has 0 radical (unpaired) electrons. The molecule has 2 amide bonds. The molecule has 1 aromatic carbocycles. The van der Waals surface area contributed by atoms with Gasteiger partial charge in [0.2, 0.25) is 5.91 Å². The molecule has 6 heteroatoms. The summed E-state index contributed by atoms with van der Waals surface area (Å²) in [5.41, 5.74) is 0.733. The van der Waals surface area contributed by atoms with Gasteiger partial charge in [-0.3, -0.25) is 9.59 Å². The van der Waals surface area contributed by atoms with Crippen LogP contribution in [0.4, 0.5) is 5.69 Å². The van der Waals surface area contributed by atoms with E-state index in [1.165, 1.54) is 0 Å². The van der Waals surface area contributed by atoms with Crippen LogP contribution in [-0.4, -0.2) is 56.5 Å². The Morgan fingerprint density at radius 3 is 2.86 bits per heavy atom. The number of carbonyl (C=O) groups is 2. The van der Waals surface area contributed by atoms with Crippen LogP contribution < -0.4 is 15.0 Å². The summed E-state index contributed by atoms with van der Waals surface area (Å²) < 4.78 is 5.59. The summed E-state index contributed by atoms with van der Waals surface area (Å²) in [5.74, 6) is 0.606. The van der Waals surface area contributed by atoms with Crippen molar-refractivity contribution in [2.24, 2.45) is 0 Å². The van der Waals surface area contributed by atoms with Gasteiger partial charge < -0.3 is 19.9 Å². The first-order chi connectivity index (χ1) is 10.5. The van der Waals surface area contributed by atoms with Crippen LogP contribution in [0.1, 0.15) is 13.3 Å². The highest BCUT2D eigenvalue weighted by atomic mass is 16.5. The number of nitrogens with one attached hydrogen (secondary N) is 1. The minimum Gasteiger partial charge on any atom is -0.479 e. The van der Waals surface area contributed by atoms with Gasteiger partial charge in [0.1, 0.15) is 5.75 Å². The van der Waals surface area contributed by atoms with Gasteiger partial charge in [-0.05, 0) is 26.1 Å². The molecule has 1 unspecified atom stereocenters. The average Bonchev–Trinajstić information content (AvgIpc) is 2.52. The molecule has 22 heavy (non-hydrogen) atoms. The maximum atomic E-state index is 12.3. The molecule has 1 aliphatic heterocycles. The topological polar surface area (TPSA) is 61.9 Å². The predicted octanol–water partition coefficient (Wildman–Crippen LogP) is 0.868. The number of likely N-dealkylation sites (N-methyl/N-ethyl adjacent to an activating group) is 2. The highest BCUT2D eigenvalue weighted by Gasteiger charge is 2.31. The zero-order valence-corrected chi connectivity index (χ0v) is 13.3. The van der Waals surface area contributed by atoms with Gasteiger partial charge in [0.25, 0.3) is 5.91 Å². The van der Waals surface area contributed by atoms with Crippen LogP contribution >= 0.6 is 0 Å². The van der Waals surface area contributed by atoms with Crippen LogP contribution in [-0.2, 0) is 9.59 Å². The zero-order valence-electron chi connectivity index (χ0n) is 13.3. The van der Waals surface area contributed by atoms with Crippen LogP contribution in [0.25, 0.3) is 0 Å². The Hall–Kier alpha value is -2.08. The standard InChI is InChI=1S/C16H23N3O3/c1-12-16(21)19(13-6-4-5-7-14(13)22-12)10-8-15(20)18(3)11-9-17-2/h4-7,12,17H,8-11H2,1-3H3. The van der Waals surface area contributed by atoms with Crippen molar-refractivity contribution < 1.29 is 14.3 Å². The van der Waals surface area contributed by atoms with Crippen molar-refractivity contribution in [1.29, 1.82) is 0 Å². The van der Waals surface area contributed by atoms with Crippen molar-refractivity contribution in [3.05, 3.63) is 24.3 Å². The molecule has 0 spiro atoms. The number of anilines is 1. The van der Waals surface area contributed by atoms with Crippen molar-refractivity contribution in [2.45, 2.75) is 19.4 Å². The third kappa shape index (κ3) is 3.57. The van der Waals surface area contributed by atoms with Crippen LogP contribution in [0.15, 0.2) is 24.3 Å². The van der Waals surface area contributed by atoms with E-state index in [0.29, 0.717) is 25.3 Å². The molecule has 6 nitrogen and oxygen atoms in total. The zero-order chi connectivity index (χ0) is 16.1. The van der Waals surface area contributed by atoms with Crippen LogP contribution in [0.3, 0.4) is 0 Å². The molecule has 1 N–H and O–H groups in total. The van der Waals surface area contributed by atoms with Crippen molar-refractivity contribution in [1.82, 2.24) is 10.2 Å². The van der Waals surface area contributed by atoms with E-state index in [1.54, 1.807) is 23.8 Å². The Labute approximate surface area is 131 Å². The molecule has 1 aromatic rings. The number of hydrogen-bond acceptors (Lipinski definition) is 4. The Balaban J connectivity index is 2.02. The summed E-state index contributed by atoms with van der Waals surface area (Å²) in [6.07, 6.45) is -0.223. The largest absolute Gasteiger partial charge is 0.479 e. The second kappa shape index (κ2) is 7.26. The van der Waals surface area contributed by atoms with E-state index in [2.05, 4.69) is 5.32 Å². The van der Waals surface area contributed by atoms with Gasteiger partial charge in [0.15, 0.2) is 6.10 Å². The number of benzene rings is 1. The summed E-state index contributed by atoms with van der Waals surface area (Å²) in [6, 6.07) is 7.41. The molecule has 0 aliphatic carbocycles. The Bertz CT molecular complexity index is 547. The van der Waals surface area contributed by atoms with E-state index in [0.717, 1.165) is 12.2 Å². The van der Waals surface area contributed by atoms with Crippen LogP contribution in [0.5, 0.6) is 5.75 Å². The summed E-state index contributed by atoms with van der Waals surface area (Å²) >= 11 is 0. The van der Waals surface area contributed by atoms with E-state index < -0.39 is 6.10 Å². The molecule has 2 rings (SSSR count). The Kier molecular flexibility index (Phi) is 5.38. The lowest BCUT2D eigenvalue weighted by Gasteiger charge is -2.33. The summed E-state index contributed by atoms with van der Waals surface area (Å²) in [6.45, 7) is 3.50. The monoisotopic (exact) mass is 305 g/mol. The molecule has 0 fully saturated rings. The number of amides is 2. The Morgan fingerprint density at radius 1 is 1.41 bits per heavy atom.